The second-order valence-electron chi connectivity index (χ2n) is 6.16. The fourth-order valence-corrected chi connectivity index (χ4v) is 3.38. The van der Waals surface area contributed by atoms with Gasteiger partial charge >= 0.3 is 0 Å². The van der Waals surface area contributed by atoms with Crippen LogP contribution in [0.25, 0.3) is 0 Å². The number of aryl methyl sites for hydroxylation is 1. The maximum atomic E-state index is 2.70. The molecule has 0 aliphatic carbocycles. The van der Waals surface area contributed by atoms with Crippen LogP contribution in [-0.2, 0) is 0 Å². The van der Waals surface area contributed by atoms with Gasteiger partial charge in [0.1, 0.15) is 0 Å². The highest BCUT2D eigenvalue weighted by atomic mass is 15.2. The molecule has 1 fully saturated rings. The van der Waals surface area contributed by atoms with Gasteiger partial charge in [-0.25, -0.2) is 0 Å². The summed E-state index contributed by atoms with van der Waals surface area (Å²) < 4.78 is 0. The Bertz CT molecular complexity index is 377. The number of rotatable bonds is 5. The molecule has 0 spiro atoms. The lowest BCUT2D eigenvalue weighted by Crippen LogP contribution is -2.39. The molecule has 1 aromatic carbocycles. The zero-order valence-corrected chi connectivity index (χ0v) is 12.9. The van der Waals surface area contributed by atoms with E-state index in [0.29, 0.717) is 0 Å². The summed E-state index contributed by atoms with van der Waals surface area (Å²) in [5.74, 6) is 0.788. The predicted molar refractivity (Wildman–Crippen MR) is 83.7 cm³/mol. The van der Waals surface area contributed by atoms with Crippen LogP contribution in [-0.4, -0.2) is 24.0 Å². The van der Waals surface area contributed by atoms with Crippen molar-refractivity contribution >= 4 is 0 Å². The van der Waals surface area contributed by atoms with E-state index in [1.54, 1.807) is 5.56 Å². The molecule has 0 amide bonds. The average Bonchev–Trinajstić information content (AvgIpc) is 2.45. The fourth-order valence-electron chi connectivity index (χ4n) is 3.38. The van der Waals surface area contributed by atoms with Crippen LogP contribution in [0.1, 0.15) is 63.0 Å². The molecule has 1 atom stereocenters. The maximum absolute atomic E-state index is 2.70. The van der Waals surface area contributed by atoms with Gasteiger partial charge in [0, 0.05) is 6.04 Å². The van der Waals surface area contributed by atoms with Gasteiger partial charge in [0.2, 0.25) is 0 Å². The number of likely N-dealkylation sites (tertiary alicyclic amines) is 1. The van der Waals surface area contributed by atoms with E-state index >= 15 is 0 Å². The van der Waals surface area contributed by atoms with Crippen molar-refractivity contribution in [1.82, 2.24) is 4.90 Å². The molecule has 1 saturated heterocycles. The predicted octanol–water partition coefficient (Wildman–Crippen LogP) is 4.75. The number of hydrogen-bond donors (Lipinski definition) is 0. The third kappa shape index (κ3) is 3.82. The highest BCUT2D eigenvalue weighted by molar-refractivity contribution is 5.29. The largest absolute Gasteiger partial charge is 0.301 e. The van der Waals surface area contributed by atoms with E-state index in [1.807, 2.05) is 0 Å². The molecule has 1 aliphatic heterocycles. The van der Waals surface area contributed by atoms with Crippen molar-refractivity contribution in [2.75, 3.05) is 13.1 Å². The number of benzene rings is 1. The van der Waals surface area contributed by atoms with Gasteiger partial charge < -0.3 is 4.90 Å². The first-order valence-corrected chi connectivity index (χ1v) is 8.02. The first-order chi connectivity index (χ1) is 9.22. The van der Waals surface area contributed by atoms with E-state index in [2.05, 4.69) is 49.9 Å². The number of hydrogen-bond acceptors (Lipinski definition) is 1. The van der Waals surface area contributed by atoms with Crippen LogP contribution < -0.4 is 0 Å². The summed E-state index contributed by atoms with van der Waals surface area (Å²) in [5.41, 5.74) is 3.06. The molecular formula is C18H29N. The topological polar surface area (TPSA) is 3.24 Å². The molecule has 1 nitrogen and oxygen atoms in total. The van der Waals surface area contributed by atoms with Crippen molar-refractivity contribution in [1.29, 1.82) is 0 Å². The van der Waals surface area contributed by atoms with Gasteiger partial charge in [-0.1, -0.05) is 44.0 Å². The lowest BCUT2D eigenvalue weighted by molar-refractivity contribution is 0.153. The van der Waals surface area contributed by atoms with Crippen LogP contribution in [0.15, 0.2) is 24.3 Å². The van der Waals surface area contributed by atoms with E-state index in [-0.39, 0.29) is 0 Å². The zero-order chi connectivity index (χ0) is 13.7. The van der Waals surface area contributed by atoms with Gasteiger partial charge in [0.15, 0.2) is 0 Å². The third-order valence-corrected chi connectivity index (χ3v) is 4.76. The summed E-state index contributed by atoms with van der Waals surface area (Å²) in [5, 5.41) is 0. The van der Waals surface area contributed by atoms with Crippen LogP contribution >= 0.6 is 0 Å². The maximum Gasteiger partial charge on any atom is 0.00669 e. The quantitative estimate of drug-likeness (QED) is 0.737. The summed E-state index contributed by atoms with van der Waals surface area (Å²) in [6, 6.07) is 9.71. The third-order valence-electron chi connectivity index (χ3n) is 4.76. The molecule has 0 N–H and O–H groups in total. The minimum atomic E-state index is 0.776. The first-order valence-electron chi connectivity index (χ1n) is 8.02. The molecule has 1 aliphatic rings. The minimum Gasteiger partial charge on any atom is -0.301 e. The molecule has 0 bridgehead atoms. The Morgan fingerprint density at radius 2 is 1.89 bits per heavy atom. The molecule has 0 radical (unpaired) electrons. The van der Waals surface area contributed by atoms with Crippen molar-refractivity contribution in [2.45, 2.75) is 64.8 Å². The van der Waals surface area contributed by atoms with Crippen LogP contribution in [0.4, 0.5) is 0 Å². The Balaban J connectivity index is 1.87. The van der Waals surface area contributed by atoms with E-state index in [4.69, 9.17) is 0 Å². The second kappa shape index (κ2) is 7.09. The van der Waals surface area contributed by atoms with E-state index in [0.717, 1.165) is 12.0 Å². The van der Waals surface area contributed by atoms with Gasteiger partial charge in [0.05, 0.1) is 0 Å². The Morgan fingerprint density at radius 3 is 2.53 bits per heavy atom. The number of piperidine rings is 1. The molecule has 1 heteroatoms. The second-order valence-corrected chi connectivity index (χ2v) is 6.16. The number of unbranched alkanes of at least 4 members (excludes halogenated alkanes) is 1. The minimum absolute atomic E-state index is 0.776. The van der Waals surface area contributed by atoms with Gasteiger partial charge in [-0.3, -0.25) is 0 Å². The molecule has 0 saturated carbocycles. The Hall–Kier alpha value is -0.820. The van der Waals surface area contributed by atoms with Crippen LogP contribution in [0, 0.1) is 6.92 Å². The first kappa shape index (κ1) is 14.6. The SMILES string of the molecule is CCCCC(C)N1CCC(c2ccccc2C)CC1. The highest BCUT2D eigenvalue weighted by Gasteiger charge is 2.23. The van der Waals surface area contributed by atoms with Crippen LogP contribution in [0.5, 0.6) is 0 Å². The van der Waals surface area contributed by atoms with Crippen LogP contribution in [0.3, 0.4) is 0 Å². The summed E-state index contributed by atoms with van der Waals surface area (Å²) in [7, 11) is 0. The van der Waals surface area contributed by atoms with Crippen LogP contribution in [0.2, 0.25) is 0 Å². The smallest absolute Gasteiger partial charge is 0.00669 e. The summed E-state index contributed by atoms with van der Waals surface area (Å²) in [6.07, 6.45) is 6.73. The van der Waals surface area contributed by atoms with Crippen molar-refractivity contribution in [2.24, 2.45) is 0 Å². The van der Waals surface area contributed by atoms with Gasteiger partial charge in [0.25, 0.3) is 0 Å². The Morgan fingerprint density at radius 1 is 1.21 bits per heavy atom. The van der Waals surface area contributed by atoms with Crippen molar-refractivity contribution in [3.05, 3.63) is 35.4 Å². The molecule has 106 valence electrons. The molecule has 1 unspecified atom stereocenters. The van der Waals surface area contributed by atoms with Crippen molar-refractivity contribution in [3.8, 4) is 0 Å². The molecule has 1 aromatic rings. The van der Waals surface area contributed by atoms with E-state index in [1.165, 1.54) is 50.8 Å². The fraction of sp³-hybridized carbons (Fsp3) is 0.667. The molecule has 1 heterocycles. The van der Waals surface area contributed by atoms with Crippen molar-refractivity contribution in [3.63, 3.8) is 0 Å². The van der Waals surface area contributed by atoms with Gasteiger partial charge in [-0.15, -0.1) is 0 Å². The highest BCUT2D eigenvalue weighted by Crippen LogP contribution is 2.31. The molecule has 19 heavy (non-hydrogen) atoms. The number of nitrogens with zero attached hydrogens (tertiary/aromatic N) is 1. The van der Waals surface area contributed by atoms with E-state index in [9.17, 15) is 0 Å². The lowest BCUT2D eigenvalue weighted by atomic mass is 9.86. The van der Waals surface area contributed by atoms with Gasteiger partial charge in [-0.2, -0.15) is 0 Å². The Kier molecular flexibility index (Phi) is 5.45. The van der Waals surface area contributed by atoms with E-state index < -0.39 is 0 Å². The summed E-state index contributed by atoms with van der Waals surface area (Å²) in [6.45, 7) is 9.51. The molecular weight excluding hydrogens is 230 g/mol. The Labute approximate surface area is 119 Å². The monoisotopic (exact) mass is 259 g/mol. The zero-order valence-electron chi connectivity index (χ0n) is 12.9. The summed E-state index contributed by atoms with van der Waals surface area (Å²) in [4.78, 5) is 2.70. The lowest BCUT2D eigenvalue weighted by Gasteiger charge is -2.36. The van der Waals surface area contributed by atoms with Crippen molar-refractivity contribution < 1.29 is 0 Å². The average molecular weight is 259 g/mol. The standard InChI is InChI=1S/C18H29N/c1-4-5-9-16(3)19-13-11-17(12-14-19)18-10-7-6-8-15(18)2/h6-8,10,16-17H,4-5,9,11-14H2,1-3H3. The summed E-state index contributed by atoms with van der Waals surface area (Å²) >= 11 is 0. The normalized spacial score (nSPS) is 19.5. The molecule has 0 aromatic heterocycles. The van der Waals surface area contributed by atoms with Gasteiger partial charge in [-0.05, 0) is 63.2 Å². The molecule has 2 rings (SSSR count).